The van der Waals surface area contributed by atoms with Crippen molar-refractivity contribution in [3.8, 4) is 0 Å². The molecule has 1 saturated carbocycles. The zero-order valence-electron chi connectivity index (χ0n) is 14.8. The van der Waals surface area contributed by atoms with Gasteiger partial charge in [0.25, 0.3) is 5.91 Å². The van der Waals surface area contributed by atoms with Crippen molar-refractivity contribution in [2.24, 2.45) is 0 Å². The Balaban J connectivity index is 1.47. The number of pyridine rings is 2. The molecule has 2 aromatic heterocycles. The quantitative estimate of drug-likeness (QED) is 0.869. The molecule has 27 heavy (non-hydrogen) atoms. The van der Waals surface area contributed by atoms with Crippen molar-refractivity contribution in [1.82, 2.24) is 15.3 Å². The third-order valence-corrected chi connectivity index (χ3v) is 5.22. The van der Waals surface area contributed by atoms with Crippen LogP contribution in [-0.2, 0) is 0 Å². The van der Waals surface area contributed by atoms with E-state index in [4.69, 9.17) is 0 Å². The van der Waals surface area contributed by atoms with E-state index in [9.17, 15) is 9.59 Å². The van der Waals surface area contributed by atoms with E-state index < -0.39 is 0 Å². The number of anilines is 3. The smallest absolute Gasteiger partial charge is 0.329 e. The molecule has 8 nitrogen and oxygen atoms in total. The van der Waals surface area contributed by atoms with Gasteiger partial charge in [0.15, 0.2) is 5.82 Å². The maximum atomic E-state index is 13.0. The molecule has 2 aliphatic heterocycles. The summed E-state index contributed by atoms with van der Waals surface area (Å²) in [7, 11) is 0. The van der Waals surface area contributed by atoms with E-state index in [0.29, 0.717) is 17.3 Å². The highest BCUT2D eigenvalue weighted by Crippen LogP contribution is 2.39. The Hall–Kier alpha value is -3.16. The van der Waals surface area contributed by atoms with Gasteiger partial charge in [-0.25, -0.2) is 14.8 Å². The van der Waals surface area contributed by atoms with Crippen LogP contribution >= 0.6 is 0 Å². The molecule has 3 amide bonds. The first-order chi connectivity index (χ1) is 13.2. The number of amides is 3. The molecule has 2 N–H and O–H groups in total. The van der Waals surface area contributed by atoms with Gasteiger partial charge < -0.3 is 10.2 Å². The summed E-state index contributed by atoms with van der Waals surface area (Å²) in [5.74, 6) is 0.853. The van der Waals surface area contributed by atoms with Gasteiger partial charge in [0.2, 0.25) is 0 Å². The maximum absolute atomic E-state index is 13.0. The third kappa shape index (κ3) is 2.97. The number of nitrogens with zero attached hydrogens (tertiary/aromatic N) is 4. The molecule has 0 radical (unpaired) electrons. The molecule has 1 aliphatic carbocycles. The lowest BCUT2D eigenvalue weighted by Gasteiger charge is -2.35. The number of carbonyl (C=O) groups is 2. The van der Waals surface area contributed by atoms with Crippen LogP contribution in [0, 0.1) is 0 Å². The van der Waals surface area contributed by atoms with E-state index in [0.717, 1.165) is 38.0 Å². The molecule has 1 atom stereocenters. The first-order valence-electron chi connectivity index (χ1n) is 9.27. The monoisotopic (exact) mass is 364 g/mol. The highest BCUT2D eigenvalue weighted by Gasteiger charge is 2.40. The van der Waals surface area contributed by atoms with Crippen LogP contribution in [0.15, 0.2) is 36.5 Å². The number of carbonyl (C=O) groups excluding carboxylic acids is 2. The molecule has 2 fully saturated rings. The SMILES string of the molecule is O=C(NC1CC1)c1ccc2c(n1)N(C(=O)Nc1ccccn1)[C@H]1CCN2C1. The number of fused-ring (bicyclic) bond motifs is 4. The number of aromatic nitrogens is 2. The molecule has 3 aliphatic rings. The van der Waals surface area contributed by atoms with Crippen molar-refractivity contribution in [3.05, 3.63) is 42.2 Å². The molecule has 0 spiro atoms. The predicted octanol–water partition coefficient (Wildman–Crippen LogP) is 2.00. The van der Waals surface area contributed by atoms with Gasteiger partial charge in [-0.2, -0.15) is 0 Å². The van der Waals surface area contributed by atoms with Crippen molar-refractivity contribution in [2.75, 3.05) is 28.2 Å². The Morgan fingerprint density at radius 3 is 2.78 bits per heavy atom. The Labute approximate surface area is 156 Å². The summed E-state index contributed by atoms with van der Waals surface area (Å²) in [6.45, 7) is 1.65. The standard InChI is InChI=1S/C19H20N6O2/c26-18(21-12-4-5-12)14-6-7-15-17(22-14)25(13-8-10-24(15)11-13)19(27)23-16-3-1-2-9-20-16/h1-3,6-7,9,12-13H,4-5,8,10-11H2,(H,21,26)(H,20,23,27)/t13-/m0/s1. The van der Waals surface area contributed by atoms with E-state index in [1.165, 1.54) is 0 Å². The average Bonchev–Trinajstić information content (AvgIpc) is 3.40. The van der Waals surface area contributed by atoms with Crippen LogP contribution in [0.3, 0.4) is 0 Å². The lowest BCUT2D eigenvalue weighted by Crippen LogP contribution is -2.48. The van der Waals surface area contributed by atoms with E-state index >= 15 is 0 Å². The first kappa shape index (κ1) is 16.0. The van der Waals surface area contributed by atoms with Crippen molar-refractivity contribution in [1.29, 1.82) is 0 Å². The van der Waals surface area contributed by atoms with Crippen LogP contribution in [0.25, 0.3) is 0 Å². The van der Waals surface area contributed by atoms with Gasteiger partial charge in [-0.15, -0.1) is 0 Å². The minimum atomic E-state index is -0.270. The Morgan fingerprint density at radius 1 is 1.11 bits per heavy atom. The lowest BCUT2D eigenvalue weighted by atomic mass is 10.1. The molecule has 8 heteroatoms. The molecule has 0 unspecified atom stereocenters. The van der Waals surface area contributed by atoms with Crippen LogP contribution < -0.4 is 20.4 Å². The largest absolute Gasteiger partial charge is 0.366 e. The minimum absolute atomic E-state index is 0.0375. The molecule has 4 heterocycles. The molecule has 2 bridgehead atoms. The molecule has 2 aromatic rings. The van der Waals surface area contributed by atoms with Gasteiger partial charge >= 0.3 is 6.03 Å². The summed E-state index contributed by atoms with van der Waals surface area (Å²) in [5, 5.41) is 5.80. The summed E-state index contributed by atoms with van der Waals surface area (Å²) in [5.41, 5.74) is 1.24. The van der Waals surface area contributed by atoms with Gasteiger partial charge in [0.05, 0.1) is 11.7 Å². The second-order valence-corrected chi connectivity index (χ2v) is 7.19. The number of hydrogen-bond acceptors (Lipinski definition) is 5. The molecular formula is C19H20N6O2. The number of hydrogen-bond donors (Lipinski definition) is 2. The third-order valence-electron chi connectivity index (χ3n) is 5.22. The van der Waals surface area contributed by atoms with Gasteiger partial charge in [-0.05, 0) is 43.5 Å². The molecule has 0 aromatic carbocycles. The minimum Gasteiger partial charge on any atom is -0.366 e. The number of rotatable bonds is 3. The molecule has 5 rings (SSSR count). The van der Waals surface area contributed by atoms with E-state index in [1.807, 2.05) is 12.1 Å². The fourth-order valence-corrected chi connectivity index (χ4v) is 3.69. The summed E-state index contributed by atoms with van der Waals surface area (Å²) in [4.78, 5) is 38.1. The Kier molecular flexibility index (Phi) is 3.70. The topological polar surface area (TPSA) is 90.5 Å². The van der Waals surface area contributed by atoms with Crippen LogP contribution in [0.5, 0.6) is 0 Å². The average molecular weight is 364 g/mol. The van der Waals surface area contributed by atoms with Crippen LogP contribution in [-0.4, -0.2) is 47.1 Å². The molecular weight excluding hydrogens is 344 g/mol. The lowest BCUT2D eigenvalue weighted by molar-refractivity contribution is 0.0946. The Morgan fingerprint density at radius 2 is 2.00 bits per heavy atom. The van der Waals surface area contributed by atoms with Crippen molar-refractivity contribution in [3.63, 3.8) is 0 Å². The van der Waals surface area contributed by atoms with E-state index in [1.54, 1.807) is 29.3 Å². The summed E-state index contributed by atoms with van der Waals surface area (Å²) >= 11 is 0. The molecule has 138 valence electrons. The summed E-state index contributed by atoms with van der Waals surface area (Å²) in [6.07, 6.45) is 4.54. The van der Waals surface area contributed by atoms with Crippen LogP contribution in [0.2, 0.25) is 0 Å². The van der Waals surface area contributed by atoms with Crippen molar-refractivity contribution >= 4 is 29.3 Å². The fourth-order valence-electron chi connectivity index (χ4n) is 3.69. The Bertz CT molecular complexity index is 898. The number of urea groups is 1. The summed E-state index contributed by atoms with van der Waals surface area (Å²) in [6, 6.07) is 9.03. The normalized spacial score (nSPS) is 20.2. The summed E-state index contributed by atoms with van der Waals surface area (Å²) < 4.78 is 0. The van der Waals surface area contributed by atoms with Crippen molar-refractivity contribution < 1.29 is 9.59 Å². The van der Waals surface area contributed by atoms with Gasteiger partial charge in [0, 0.05) is 25.3 Å². The fraction of sp³-hybridized carbons (Fsp3) is 0.368. The van der Waals surface area contributed by atoms with Crippen molar-refractivity contribution in [2.45, 2.75) is 31.3 Å². The highest BCUT2D eigenvalue weighted by atomic mass is 16.2. The van der Waals surface area contributed by atoms with E-state index in [-0.39, 0.29) is 24.0 Å². The van der Waals surface area contributed by atoms with Gasteiger partial charge in [-0.1, -0.05) is 6.07 Å². The second kappa shape index (κ2) is 6.22. The van der Waals surface area contributed by atoms with Crippen LogP contribution in [0.4, 0.5) is 22.1 Å². The number of nitrogens with one attached hydrogen (secondary N) is 2. The second-order valence-electron chi connectivity index (χ2n) is 7.19. The van der Waals surface area contributed by atoms with E-state index in [2.05, 4.69) is 25.5 Å². The van der Waals surface area contributed by atoms with Gasteiger partial charge in [0.1, 0.15) is 11.5 Å². The predicted molar refractivity (Wildman–Crippen MR) is 101 cm³/mol. The zero-order chi connectivity index (χ0) is 18.4. The highest BCUT2D eigenvalue weighted by molar-refractivity contribution is 6.05. The van der Waals surface area contributed by atoms with Gasteiger partial charge in [-0.3, -0.25) is 15.0 Å². The molecule has 1 saturated heterocycles. The maximum Gasteiger partial charge on any atom is 0.329 e. The zero-order valence-corrected chi connectivity index (χ0v) is 14.8. The van der Waals surface area contributed by atoms with Crippen LogP contribution in [0.1, 0.15) is 29.8 Å². The first-order valence-corrected chi connectivity index (χ1v) is 9.27.